The summed E-state index contributed by atoms with van der Waals surface area (Å²) in [7, 11) is 1.94. The van der Waals surface area contributed by atoms with Crippen molar-refractivity contribution in [2.75, 3.05) is 13.6 Å². The molecular formula is C17H16ClFN4O. The van der Waals surface area contributed by atoms with E-state index in [0.717, 1.165) is 18.5 Å². The average molecular weight is 347 g/mol. The number of carbonyl (C=O) groups excluding carboxylic acids is 1. The third kappa shape index (κ3) is 3.14. The number of nitrogens with one attached hydrogen (secondary N) is 2. The number of likely N-dealkylation sites (N-methyl/N-ethyl adjacent to an activating group) is 1. The number of amides is 1. The molecule has 1 aromatic carbocycles. The SMILES string of the molecule is CN1CC[C@H](NC(=O)c2cc(C#N)c[nH]2)[C@H]1c1ccc(Cl)c(F)c1. The third-order valence-corrected chi connectivity index (χ3v) is 4.61. The Balaban J connectivity index is 1.80. The normalized spacial score (nSPS) is 20.8. The molecule has 1 aliphatic heterocycles. The van der Waals surface area contributed by atoms with E-state index in [1.54, 1.807) is 6.07 Å². The maximum Gasteiger partial charge on any atom is 0.268 e. The summed E-state index contributed by atoms with van der Waals surface area (Å²) in [6, 6.07) is 7.91. The predicted molar refractivity (Wildman–Crippen MR) is 88.2 cm³/mol. The Kier molecular flexibility index (Phi) is 4.56. The fourth-order valence-corrected chi connectivity index (χ4v) is 3.23. The summed E-state index contributed by atoms with van der Waals surface area (Å²) in [5.74, 6) is -0.751. The zero-order valence-electron chi connectivity index (χ0n) is 13.0. The first-order valence-electron chi connectivity index (χ1n) is 7.54. The van der Waals surface area contributed by atoms with Gasteiger partial charge in [0.25, 0.3) is 5.91 Å². The Morgan fingerprint density at radius 2 is 2.29 bits per heavy atom. The second-order valence-corrected chi connectivity index (χ2v) is 6.29. The van der Waals surface area contributed by atoms with Gasteiger partial charge in [-0.25, -0.2) is 4.39 Å². The highest BCUT2D eigenvalue weighted by atomic mass is 35.5. The molecule has 7 heteroatoms. The van der Waals surface area contributed by atoms with Gasteiger partial charge >= 0.3 is 0 Å². The molecule has 3 rings (SSSR count). The fourth-order valence-electron chi connectivity index (χ4n) is 3.12. The Morgan fingerprint density at radius 3 is 2.96 bits per heavy atom. The van der Waals surface area contributed by atoms with Crippen LogP contribution in [-0.2, 0) is 0 Å². The Bertz CT molecular complexity index is 813. The van der Waals surface area contributed by atoms with Gasteiger partial charge in [-0.3, -0.25) is 9.69 Å². The van der Waals surface area contributed by atoms with Crippen LogP contribution in [0.4, 0.5) is 4.39 Å². The number of likely N-dealkylation sites (tertiary alicyclic amines) is 1. The topological polar surface area (TPSA) is 71.9 Å². The molecule has 1 saturated heterocycles. The first-order chi connectivity index (χ1) is 11.5. The lowest BCUT2D eigenvalue weighted by molar-refractivity contribution is 0.0923. The van der Waals surface area contributed by atoms with Gasteiger partial charge < -0.3 is 10.3 Å². The van der Waals surface area contributed by atoms with Crippen molar-refractivity contribution < 1.29 is 9.18 Å². The van der Waals surface area contributed by atoms with Crippen LogP contribution in [0.25, 0.3) is 0 Å². The van der Waals surface area contributed by atoms with Gasteiger partial charge in [0.05, 0.1) is 22.7 Å². The summed E-state index contributed by atoms with van der Waals surface area (Å²) < 4.78 is 13.8. The minimum atomic E-state index is -0.470. The zero-order chi connectivity index (χ0) is 17.3. The van der Waals surface area contributed by atoms with Crippen LogP contribution in [0.1, 0.15) is 34.1 Å². The summed E-state index contributed by atoms with van der Waals surface area (Å²) in [6.07, 6.45) is 2.24. The highest BCUT2D eigenvalue weighted by Gasteiger charge is 2.34. The number of halogens is 2. The van der Waals surface area contributed by atoms with Crippen LogP contribution < -0.4 is 5.32 Å². The van der Waals surface area contributed by atoms with Crippen LogP contribution in [0.5, 0.6) is 0 Å². The van der Waals surface area contributed by atoms with E-state index in [4.69, 9.17) is 16.9 Å². The van der Waals surface area contributed by atoms with E-state index < -0.39 is 5.82 Å². The van der Waals surface area contributed by atoms with E-state index in [9.17, 15) is 9.18 Å². The molecule has 2 atom stereocenters. The molecule has 124 valence electrons. The van der Waals surface area contributed by atoms with Crippen molar-refractivity contribution in [1.82, 2.24) is 15.2 Å². The largest absolute Gasteiger partial charge is 0.356 e. The van der Waals surface area contributed by atoms with Gasteiger partial charge in [-0.2, -0.15) is 5.26 Å². The summed E-state index contributed by atoms with van der Waals surface area (Å²) >= 11 is 5.75. The highest BCUT2D eigenvalue weighted by molar-refractivity contribution is 6.30. The molecule has 24 heavy (non-hydrogen) atoms. The minimum absolute atomic E-state index is 0.0791. The van der Waals surface area contributed by atoms with Crippen molar-refractivity contribution in [2.24, 2.45) is 0 Å². The second-order valence-electron chi connectivity index (χ2n) is 5.88. The summed E-state index contributed by atoms with van der Waals surface area (Å²) in [6.45, 7) is 0.786. The first-order valence-corrected chi connectivity index (χ1v) is 7.92. The van der Waals surface area contributed by atoms with E-state index in [1.165, 1.54) is 24.4 Å². The molecule has 0 saturated carbocycles. The number of aromatic amines is 1. The summed E-state index contributed by atoms with van der Waals surface area (Å²) in [4.78, 5) is 17.2. The molecular weight excluding hydrogens is 331 g/mol. The number of hydrogen-bond donors (Lipinski definition) is 2. The molecule has 0 bridgehead atoms. The number of H-pyrrole nitrogens is 1. The maximum absolute atomic E-state index is 13.8. The lowest BCUT2D eigenvalue weighted by Gasteiger charge is -2.26. The minimum Gasteiger partial charge on any atom is -0.356 e. The van der Waals surface area contributed by atoms with Gasteiger partial charge in [-0.1, -0.05) is 17.7 Å². The number of carbonyl (C=O) groups is 1. The van der Waals surface area contributed by atoms with E-state index in [2.05, 4.69) is 15.2 Å². The van der Waals surface area contributed by atoms with Gasteiger partial charge in [-0.15, -0.1) is 0 Å². The van der Waals surface area contributed by atoms with Crippen LogP contribution >= 0.6 is 11.6 Å². The third-order valence-electron chi connectivity index (χ3n) is 4.31. The molecule has 2 heterocycles. The van der Waals surface area contributed by atoms with E-state index in [0.29, 0.717) is 11.3 Å². The second kappa shape index (κ2) is 6.63. The van der Waals surface area contributed by atoms with Crippen LogP contribution in [0.15, 0.2) is 30.5 Å². The van der Waals surface area contributed by atoms with E-state index in [1.807, 2.05) is 13.1 Å². The number of aromatic nitrogens is 1. The van der Waals surface area contributed by atoms with Crippen molar-refractivity contribution >= 4 is 17.5 Å². The number of hydrogen-bond acceptors (Lipinski definition) is 3. The number of nitrogens with zero attached hydrogens (tertiary/aromatic N) is 2. The van der Waals surface area contributed by atoms with Crippen molar-refractivity contribution in [3.63, 3.8) is 0 Å². The van der Waals surface area contributed by atoms with Gasteiger partial charge in [-0.05, 0) is 37.2 Å². The maximum atomic E-state index is 13.8. The first kappa shape index (κ1) is 16.5. The number of nitriles is 1. The van der Waals surface area contributed by atoms with E-state index >= 15 is 0 Å². The van der Waals surface area contributed by atoms with Crippen LogP contribution in [0.2, 0.25) is 5.02 Å². The lowest BCUT2D eigenvalue weighted by atomic mass is 10.00. The van der Waals surface area contributed by atoms with Crippen molar-refractivity contribution in [3.05, 3.63) is 58.1 Å². The van der Waals surface area contributed by atoms with Gasteiger partial charge in [0, 0.05) is 12.7 Å². The quantitative estimate of drug-likeness (QED) is 0.897. The number of rotatable bonds is 3. The summed E-state index contributed by atoms with van der Waals surface area (Å²) in [5, 5.41) is 11.9. The molecule has 0 spiro atoms. The fraction of sp³-hybridized carbons (Fsp3) is 0.294. The average Bonchev–Trinajstić information content (AvgIpc) is 3.17. The molecule has 1 aromatic heterocycles. The van der Waals surface area contributed by atoms with Gasteiger partial charge in [0.15, 0.2) is 0 Å². The van der Waals surface area contributed by atoms with Crippen LogP contribution in [0.3, 0.4) is 0 Å². The smallest absolute Gasteiger partial charge is 0.268 e. The molecule has 1 amide bonds. The standard InChI is InChI=1S/C17H16ClFN4O/c1-23-5-4-14(16(23)11-2-3-12(18)13(19)7-11)22-17(24)15-6-10(8-20)9-21-15/h2-3,6-7,9,14,16,21H,4-5H2,1H3,(H,22,24)/t14-,16+/m0/s1. The van der Waals surface area contributed by atoms with Gasteiger partial charge in [0.1, 0.15) is 17.6 Å². The molecule has 5 nitrogen and oxygen atoms in total. The highest BCUT2D eigenvalue weighted by Crippen LogP contribution is 2.32. The Morgan fingerprint density at radius 1 is 1.50 bits per heavy atom. The molecule has 1 aliphatic rings. The Hall–Kier alpha value is -2.36. The molecule has 0 unspecified atom stereocenters. The summed E-state index contributed by atoms with van der Waals surface area (Å²) in [5.41, 5.74) is 1.51. The van der Waals surface area contributed by atoms with Crippen molar-refractivity contribution in [1.29, 1.82) is 5.26 Å². The molecule has 0 aliphatic carbocycles. The zero-order valence-corrected chi connectivity index (χ0v) is 13.8. The molecule has 2 N–H and O–H groups in total. The Labute approximate surface area is 144 Å². The van der Waals surface area contributed by atoms with Crippen molar-refractivity contribution in [2.45, 2.75) is 18.5 Å². The van der Waals surface area contributed by atoms with Crippen LogP contribution in [-0.4, -0.2) is 35.4 Å². The predicted octanol–water partition coefficient (Wildman–Crippen LogP) is 2.85. The molecule has 1 fully saturated rings. The lowest BCUT2D eigenvalue weighted by Crippen LogP contribution is -2.39. The van der Waals surface area contributed by atoms with Crippen molar-refractivity contribution in [3.8, 4) is 6.07 Å². The molecule has 0 radical (unpaired) electrons. The van der Waals surface area contributed by atoms with E-state index in [-0.39, 0.29) is 23.0 Å². The van der Waals surface area contributed by atoms with Crippen LogP contribution in [0, 0.1) is 17.1 Å². The molecule has 2 aromatic rings. The van der Waals surface area contributed by atoms with Gasteiger partial charge in [0.2, 0.25) is 0 Å². The monoisotopic (exact) mass is 346 g/mol. The number of benzene rings is 1.